The lowest BCUT2D eigenvalue weighted by molar-refractivity contribution is -0.140. The Kier molecular flexibility index (Phi) is 6.17. The fraction of sp³-hybridized carbons (Fsp3) is 0.308. The molecule has 0 bridgehead atoms. The number of carbonyl (C=O) groups excluding carboxylic acids is 2. The number of aliphatic hydroxyl groups excluding tert-OH is 1. The molecule has 0 radical (unpaired) electrons. The number of aliphatic hydroxyl groups is 1. The number of carbonyl (C=O) groups is 2. The van der Waals surface area contributed by atoms with E-state index < -0.39 is 17.7 Å². The van der Waals surface area contributed by atoms with Crippen molar-refractivity contribution in [3.8, 4) is 5.75 Å². The number of nitrogens with zero attached hydrogens (tertiary/aromatic N) is 1. The molecule has 1 aliphatic rings. The zero-order valence-electron chi connectivity index (χ0n) is 19.1. The number of furan rings is 1. The van der Waals surface area contributed by atoms with Crippen LogP contribution in [0.15, 0.2) is 64.1 Å². The quantitative estimate of drug-likeness (QED) is 0.289. The lowest BCUT2D eigenvalue weighted by atomic mass is 9.84. The summed E-state index contributed by atoms with van der Waals surface area (Å²) in [6, 6.07) is 11.9. The van der Waals surface area contributed by atoms with Gasteiger partial charge in [-0.05, 0) is 54.1 Å². The fourth-order valence-corrected chi connectivity index (χ4v) is 4.90. The summed E-state index contributed by atoms with van der Waals surface area (Å²) in [6.45, 7) is 8.74. The third kappa shape index (κ3) is 4.33. The van der Waals surface area contributed by atoms with Crippen molar-refractivity contribution < 1.29 is 23.8 Å². The third-order valence-electron chi connectivity index (χ3n) is 5.62. The first-order valence-corrected chi connectivity index (χ1v) is 11.7. The second-order valence-electron chi connectivity index (χ2n) is 8.92. The highest BCUT2D eigenvalue weighted by atomic mass is 32.1. The Balaban J connectivity index is 1.85. The Morgan fingerprint density at radius 2 is 1.97 bits per heavy atom. The van der Waals surface area contributed by atoms with Gasteiger partial charge in [-0.3, -0.25) is 9.59 Å². The van der Waals surface area contributed by atoms with Crippen molar-refractivity contribution in [2.75, 3.05) is 6.61 Å². The molecule has 2 aromatic heterocycles. The predicted molar refractivity (Wildman–Crippen MR) is 127 cm³/mol. The summed E-state index contributed by atoms with van der Waals surface area (Å²) >= 11 is 1.43. The SMILES string of the molecule is CCOc1ccc(/C(O)=C2/C(=O)C(=O)N(Cc3ccco3)C2c2cccs2)cc1C(C)(C)C. The summed E-state index contributed by atoms with van der Waals surface area (Å²) in [4.78, 5) is 28.4. The molecule has 1 saturated heterocycles. The molecule has 1 aliphatic heterocycles. The van der Waals surface area contributed by atoms with Gasteiger partial charge in [0.15, 0.2) is 0 Å². The van der Waals surface area contributed by atoms with E-state index in [1.165, 1.54) is 22.5 Å². The average molecular weight is 466 g/mol. The standard InChI is InChI=1S/C26H27NO5S/c1-5-31-19-11-10-16(14-18(19)26(2,3)4)23(28)21-22(20-9-7-13-33-20)27(25(30)24(21)29)15-17-8-6-12-32-17/h6-14,22,28H,5,15H2,1-4H3/b23-21-. The molecule has 7 heteroatoms. The summed E-state index contributed by atoms with van der Waals surface area (Å²) in [6.07, 6.45) is 1.53. The summed E-state index contributed by atoms with van der Waals surface area (Å²) in [5.74, 6) is -0.261. The van der Waals surface area contributed by atoms with E-state index in [2.05, 4.69) is 20.8 Å². The number of thiophene rings is 1. The molecular weight excluding hydrogens is 438 g/mol. The van der Waals surface area contributed by atoms with Crippen LogP contribution in [0.5, 0.6) is 5.75 Å². The van der Waals surface area contributed by atoms with Gasteiger partial charge in [-0.2, -0.15) is 0 Å². The molecule has 0 aliphatic carbocycles. The van der Waals surface area contributed by atoms with E-state index in [0.29, 0.717) is 17.9 Å². The number of Topliss-reactive ketones (excluding diaryl/α,β-unsaturated/α-hetero) is 1. The smallest absolute Gasteiger partial charge is 0.296 e. The highest BCUT2D eigenvalue weighted by Gasteiger charge is 2.47. The minimum Gasteiger partial charge on any atom is -0.507 e. The molecule has 0 saturated carbocycles. The van der Waals surface area contributed by atoms with E-state index in [4.69, 9.17) is 9.15 Å². The Labute approximate surface area is 197 Å². The molecule has 33 heavy (non-hydrogen) atoms. The first-order chi connectivity index (χ1) is 15.7. The van der Waals surface area contributed by atoms with Crippen LogP contribution in [-0.4, -0.2) is 28.3 Å². The second kappa shape index (κ2) is 8.90. The number of amides is 1. The Bertz CT molecular complexity index is 1190. The van der Waals surface area contributed by atoms with Gasteiger partial charge < -0.3 is 19.2 Å². The first-order valence-electron chi connectivity index (χ1n) is 10.8. The lowest BCUT2D eigenvalue weighted by Crippen LogP contribution is -2.28. The van der Waals surface area contributed by atoms with E-state index in [1.807, 2.05) is 30.5 Å². The predicted octanol–water partition coefficient (Wildman–Crippen LogP) is 5.66. The zero-order valence-corrected chi connectivity index (χ0v) is 19.9. The Morgan fingerprint density at radius 1 is 1.18 bits per heavy atom. The van der Waals surface area contributed by atoms with Gasteiger partial charge >= 0.3 is 0 Å². The highest BCUT2D eigenvalue weighted by Crippen LogP contribution is 2.43. The van der Waals surface area contributed by atoms with Crippen LogP contribution in [0, 0.1) is 0 Å². The maximum absolute atomic E-state index is 13.2. The summed E-state index contributed by atoms with van der Waals surface area (Å²) < 4.78 is 11.2. The van der Waals surface area contributed by atoms with Crippen molar-refractivity contribution in [1.82, 2.24) is 4.90 Å². The molecule has 3 heterocycles. The van der Waals surface area contributed by atoms with Crippen molar-refractivity contribution in [2.24, 2.45) is 0 Å². The van der Waals surface area contributed by atoms with Gasteiger partial charge in [0.25, 0.3) is 11.7 Å². The Morgan fingerprint density at radius 3 is 2.58 bits per heavy atom. The number of rotatable bonds is 6. The maximum Gasteiger partial charge on any atom is 0.296 e. The van der Waals surface area contributed by atoms with Crippen molar-refractivity contribution in [1.29, 1.82) is 0 Å². The lowest BCUT2D eigenvalue weighted by Gasteiger charge is -2.25. The van der Waals surface area contributed by atoms with Crippen LogP contribution in [0.1, 0.15) is 55.5 Å². The Hall–Kier alpha value is -3.32. The van der Waals surface area contributed by atoms with Crippen LogP contribution in [0.3, 0.4) is 0 Å². The van der Waals surface area contributed by atoms with Gasteiger partial charge in [-0.25, -0.2) is 0 Å². The second-order valence-corrected chi connectivity index (χ2v) is 9.90. The molecule has 1 amide bonds. The molecule has 1 unspecified atom stereocenters. The number of hydrogen-bond acceptors (Lipinski definition) is 6. The minimum absolute atomic E-state index is 0.0815. The zero-order chi connectivity index (χ0) is 23.8. The van der Waals surface area contributed by atoms with E-state index in [1.54, 1.807) is 24.3 Å². The van der Waals surface area contributed by atoms with Crippen LogP contribution >= 0.6 is 11.3 Å². The maximum atomic E-state index is 13.2. The van der Waals surface area contributed by atoms with E-state index in [0.717, 1.165) is 16.2 Å². The van der Waals surface area contributed by atoms with E-state index in [9.17, 15) is 14.7 Å². The van der Waals surface area contributed by atoms with Crippen LogP contribution in [0.25, 0.3) is 5.76 Å². The number of ether oxygens (including phenoxy) is 1. The average Bonchev–Trinajstić information content (AvgIpc) is 3.52. The van der Waals surface area contributed by atoms with Crippen molar-refractivity contribution in [2.45, 2.75) is 45.7 Å². The van der Waals surface area contributed by atoms with Gasteiger partial charge in [0.1, 0.15) is 23.3 Å². The topological polar surface area (TPSA) is 80.0 Å². The summed E-state index contributed by atoms with van der Waals surface area (Å²) in [5, 5.41) is 13.2. The van der Waals surface area contributed by atoms with Crippen molar-refractivity contribution in [3.63, 3.8) is 0 Å². The number of hydrogen-bond donors (Lipinski definition) is 1. The number of benzene rings is 1. The minimum atomic E-state index is -0.705. The van der Waals surface area contributed by atoms with E-state index >= 15 is 0 Å². The molecule has 1 fully saturated rings. The third-order valence-corrected chi connectivity index (χ3v) is 6.54. The molecular formula is C26H27NO5S. The highest BCUT2D eigenvalue weighted by molar-refractivity contribution is 7.10. The van der Waals surface area contributed by atoms with Crippen LogP contribution in [0.2, 0.25) is 0 Å². The monoisotopic (exact) mass is 465 g/mol. The number of likely N-dealkylation sites (tertiary alicyclic amines) is 1. The molecule has 1 N–H and O–H groups in total. The molecule has 4 rings (SSSR count). The van der Waals surface area contributed by atoms with Crippen molar-refractivity contribution >= 4 is 28.8 Å². The van der Waals surface area contributed by atoms with Gasteiger partial charge in [0.2, 0.25) is 0 Å². The summed E-state index contributed by atoms with van der Waals surface area (Å²) in [5.41, 5.74) is 1.21. The fourth-order valence-electron chi connectivity index (χ4n) is 4.06. The first kappa shape index (κ1) is 22.9. The molecule has 0 spiro atoms. The van der Waals surface area contributed by atoms with Crippen LogP contribution < -0.4 is 4.74 Å². The van der Waals surface area contributed by atoms with Gasteiger partial charge in [0.05, 0.1) is 25.0 Å². The molecule has 1 atom stereocenters. The van der Waals surface area contributed by atoms with Crippen LogP contribution in [0.4, 0.5) is 0 Å². The summed E-state index contributed by atoms with van der Waals surface area (Å²) in [7, 11) is 0. The largest absolute Gasteiger partial charge is 0.507 e. The molecule has 1 aromatic carbocycles. The normalized spacial score (nSPS) is 18.2. The molecule has 172 valence electrons. The molecule has 6 nitrogen and oxygen atoms in total. The van der Waals surface area contributed by atoms with Crippen molar-refractivity contribution in [3.05, 3.63) is 81.4 Å². The van der Waals surface area contributed by atoms with Crippen LogP contribution in [-0.2, 0) is 21.5 Å². The van der Waals surface area contributed by atoms with E-state index in [-0.39, 0.29) is 23.3 Å². The van der Waals surface area contributed by atoms with Gasteiger partial charge in [-0.15, -0.1) is 11.3 Å². The molecule has 3 aromatic rings. The van der Waals surface area contributed by atoms with Gasteiger partial charge in [-0.1, -0.05) is 26.8 Å². The number of ketones is 1. The van der Waals surface area contributed by atoms with Gasteiger partial charge in [0, 0.05) is 16.0 Å².